The SMILES string of the molecule is CO[Si](C)(OC)c1ccc(N(c2ccc(C)cc2)c2ccc(C)cc2)cc1. The lowest BCUT2D eigenvalue weighted by Crippen LogP contribution is -2.49. The first-order valence-electron chi connectivity index (χ1n) is 9.11. The summed E-state index contributed by atoms with van der Waals surface area (Å²) >= 11 is 0. The molecular weight excluding hydrogens is 350 g/mol. The Hall–Kier alpha value is -2.40. The third-order valence-corrected chi connectivity index (χ3v) is 7.95. The van der Waals surface area contributed by atoms with Gasteiger partial charge >= 0.3 is 8.56 Å². The van der Waals surface area contributed by atoms with Crippen LogP contribution >= 0.6 is 0 Å². The zero-order valence-electron chi connectivity index (χ0n) is 16.7. The van der Waals surface area contributed by atoms with Crippen LogP contribution in [-0.4, -0.2) is 22.8 Å². The first kappa shape index (κ1) is 19.4. The Labute approximate surface area is 163 Å². The average molecular weight is 378 g/mol. The van der Waals surface area contributed by atoms with E-state index in [1.165, 1.54) is 11.1 Å². The fourth-order valence-electron chi connectivity index (χ4n) is 3.07. The standard InChI is InChI=1S/C23H27NO2Si/c1-18-6-10-20(11-7-18)24(21-12-8-19(2)9-13-21)22-14-16-23(17-15-22)27(5,25-3)26-4/h6-17H,1-5H3. The van der Waals surface area contributed by atoms with Gasteiger partial charge in [0.2, 0.25) is 0 Å². The van der Waals surface area contributed by atoms with Crippen molar-refractivity contribution in [2.75, 3.05) is 19.1 Å². The van der Waals surface area contributed by atoms with Gasteiger partial charge in [0.05, 0.1) is 0 Å². The smallest absolute Gasteiger partial charge is 0.368 e. The van der Waals surface area contributed by atoms with Crippen molar-refractivity contribution in [3.8, 4) is 0 Å². The largest absolute Gasteiger partial charge is 0.394 e. The van der Waals surface area contributed by atoms with Crippen molar-refractivity contribution >= 4 is 30.8 Å². The van der Waals surface area contributed by atoms with Crippen molar-refractivity contribution in [3.05, 3.63) is 83.9 Å². The van der Waals surface area contributed by atoms with Crippen LogP contribution in [0.25, 0.3) is 0 Å². The van der Waals surface area contributed by atoms with Crippen LogP contribution in [0, 0.1) is 13.8 Å². The Kier molecular flexibility index (Phi) is 5.80. The summed E-state index contributed by atoms with van der Waals surface area (Å²) in [7, 11) is 1.11. The summed E-state index contributed by atoms with van der Waals surface area (Å²) in [5.41, 5.74) is 5.88. The van der Waals surface area contributed by atoms with Gasteiger partial charge in [-0.1, -0.05) is 47.5 Å². The van der Waals surface area contributed by atoms with Crippen LogP contribution in [0.4, 0.5) is 17.1 Å². The summed E-state index contributed by atoms with van der Waals surface area (Å²) in [6.07, 6.45) is 0. The molecule has 4 heteroatoms. The van der Waals surface area contributed by atoms with E-state index >= 15 is 0 Å². The quantitative estimate of drug-likeness (QED) is 0.541. The van der Waals surface area contributed by atoms with Crippen LogP contribution in [0.1, 0.15) is 11.1 Å². The van der Waals surface area contributed by atoms with Gasteiger partial charge in [0.1, 0.15) is 0 Å². The molecule has 0 unspecified atom stereocenters. The number of nitrogens with zero attached hydrogens (tertiary/aromatic N) is 1. The molecule has 3 aromatic carbocycles. The Morgan fingerprint density at radius 1 is 0.593 bits per heavy atom. The van der Waals surface area contributed by atoms with Crippen LogP contribution in [0.15, 0.2) is 72.8 Å². The fourth-order valence-corrected chi connectivity index (χ4v) is 4.48. The molecule has 140 valence electrons. The second-order valence-corrected chi connectivity index (χ2v) is 10.2. The monoisotopic (exact) mass is 377 g/mol. The van der Waals surface area contributed by atoms with Crippen molar-refractivity contribution in [1.29, 1.82) is 0 Å². The predicted octanol–water partition coefficient (Wildman–Crippen LogP) is 5.35. The molecule has 0 N–H and O–H groups in total. The predicted molar refractivity (Wildman–Crippen MR) is 116 cm³/mol. The number of hydrogen-bond acceptors (Lipinski definition) is 3. The van der Waals surface area contributed by atoms with Crippen LogP contribution in [0.3, 0.4) is 0 Å². The maximum Gasteiger partial charge on any atom is 0.368 e. The zero-order valence-corrected chi connectivity index (χ0v) is 17.7. The number of anilines is 3. The second kappa shape index (κ2) is 8.09. The van der Waals surface area contributed by atoms with Crippen LogP contribution < -0.4 is 10.1 Å². The number of aryl methyl sites for hydroxylation is 2. The molecule has 0 aliphatic rings. The van der Waals surface area contributed by atoms with Crippen molar-refractivity contribution in [2.45, 2.75) is 20.4 Å². The molecule has 3 nitrogen and oxygen atoms in total. The maximum absolute atomic E-state index is 5.67. The number of benzene rings is 3. The minimum atomic E-state index is -2.32. The number of hydrogen-bond donors (Lipinski definition) is 0. The summed E-state index contributed by atoms with van der Waals surface area (Å²) in [5, 5.41) is 1.11. The van der Waals surface area contributed by atoms with Crippen LogP contribution in [0.5, 0.6) is 0 Å². The lowest BCUT2D eigenvalue weighted by molar-refractivity contribution is 0.265. The van der Waals surface area contributed by atoms with Gasteiger partial charge in [-0.2, -0.15) is 0 Å². The molecule has 0 spiro atoms. The van der Waals surface area contributed by atoms with Gasteiger partial charge in [-0.15, -0.1) is 0 Å². The molecular formula is C23H27NO2Si. The summed E-state index contributed by atoms with van der Waals surface area (Å²) < 4.78 is 11.3. The minimum Gasteiger partial charge on any atom is -0.394 e. The van der Waals surface area contributed by atoms with E-state index in [4.69, 9.17) is 8.85 Å². The van der Waals surface area contributed by atoms with Gasteiger partial charge in [-0.05, 0) is 62.0 Å². The Balaban J connectivity index is 2.05. The van der Waals surface area contributed by atoms with E-state index in [0.29, 0.717) is 0 Å². The minimum absolute atomic E-state index is 1.11. The molecule has 0 aromatic heterocycles. The number of rotatable bonds is 6. The van der Waals surface area contributed by atoms with Gasteiger partial charge < -0.3 is 13.8 Å². The van der Waals surface area contributed by atoms with Crippen molar-refractivity contribution in [3.63, 3.8) is 0 Å². The van der Waals surface area contributed by atoms with E-state index in [9.17, 15) is 0 Å². The van der Waals surface area contributed by atoms with E-state index in [2.05, 4.69) is 98.1 Å². The molecule has 0 aliphatic carbocycles. The summed E-state index contributed by atoms with van der Waals surface area (Å²) in [6, 6.07) is 25.7. The Bertz CT molecular complexity index is 824. The van der Waals surface area contributed by atoms with Gasteiger partial charge in [0.15, 0.2) is 0 Å². The Morgan fingerprint density at radius 3 is 1.26 bits per heavy atom. The van der Waals surface area contributed by atoms with Gasteiger partial charge in [0.25, 0.3) is 0 Å². The van der Waals surface area contributed by atoms with E-state index in [1.54, 1.807) is 14.2 Å². The third-order valence-electron chi connectivity index (χ3n) is 5.01. The van der Waals surface area contributed by atoms with E-state index in [1.807, 2.05) is 0 Å². The van der Waals surface area contributed by atoms with Gasteiger partial charge in [0, 0.05) is 31.3 Å². The van der Waals surface area contributed by atoms with Crippen LogP contribution in [0.2, 0.25) is 6.55 Å². The highest BCUT2D eigenvalue weighted by atomic mass is 28.4. The Morgan fingerprint density at radius 2 is 0.926 bits per heavy atom. The molecule has 0 radical (unpaired) electrons. The fraction of sp³-hybridized carbons (Fsp3) is 0.217. The lowest BCUT2D eigenvalue weighted by atomic mass is 10.1. The lowest BCUT2D eigenvalue weighted by Gasteiger charge is -2.27. The summed E-state index contributed by atoms with van der Waals surface area (Å²) in [6.45, 7) is 6.27. The second-order valence-electron chi connectivity index (χ2n) is 6.91. The molecule has 0 atom stereocenters. The molecule has 3 aromatic rings. The van der Waals surface area contributed by atoms with Crippen molar-refractivity contribution in [1.82, 2.24) is 0 Å². The molecule has 27 heavy (non-hydrogen) atoms. The molecule has 0 saturated heterocycles. The zero-order chi connectivity index (χ0) is 19.4. The highest BCUT2D eigenvalue weighted by molar-refractivity contribution is 6.79. The maximum atomic E-state index is 5.67. The summed E-state index contributed by atoms with van der Waals surface area (Å²) in [5.74, 6) is 0. The first-order valence-corrected chi connectivity index (χ1v) is 11.4. The molecule has 0 saturated carbocycles. The van der Waals surface area contributed by atoms with E-state index < -0.39 is 8.56 Å². The van der Waals surface area contributed by atoms with Gasteiger partial charge in [-0.3, -0.25) is 0 Å². The van der Waals surface area contributed by atoms with E-state index in [0.717, 1.165) is 22.2 Å². The molecule has 0 heterocycles. The highest BCUT2D eigenvalue weighted by Crippen LogP contribution is 2.34. The molecule has 0 bridgehead atoms. The van der Waals surface area contributed by atoms with Gasteiger partial charge in [-0.25, -0.2) is 0 Å². The normalized spacial score (nSPS) is 11.4. The molecule has 0 fully saturated rings. The van der Waals surface area contributed by atoms with E-state index in [-0.39, 0.29) is 0 Å². The molecule has 0 amide bonds. The average Bonchev–Trinajstić information content (AvgIpc) is 2.71. The molecule has 0 aliphatic heterocycles. The third kappa shape index (κ3) is 4.13. The molecule has 3 rings (SSSR count). The van der Waals surface area contributed by atoms with Crippen molar-refractivity contribution < 1.29 is 8.85 Å². The van der Waals surface area contributed by atoms with Crippen molar-refractivity contribution in [2.24, 2.45) is 0 Å². The summed E-state index contributed by atoms with van der Waals surface area (Å²) in [4.78, 5) is 2.27. The topological polar surface area (TPSA) is 21.7 Å². The highest BCUT2D eigenvalue weighted by Gasteiger charge is 2.31. The first-order chi connectivity index (χ1) is 13.0. The van der Waals surface area contributed by atoms with Crippen LogP contribution in [-0.2, 0) is 8.85 Å².